The van der Waals surface area contributed by atoms with Crippen molar-refractivity contribution in [2.24, 2.45) is 5.41 Å². The van der Waals surface area contributed by atoms with Crippen LogP contribution < -0.4 is 10.1 Å². The van der Waals surface area contributed by atoms with Gasteiger partial charge in [0, 0.05) is 16.6 Å². The maximum Gasteiger partial charge on any atom is 0.119 e. The zero-order chi connectivity index (χ0) is 15.4. The zero-order valence-corrected chi connectivity index (χ0v) is 15.2. The molecule has 1 atom stereocenters. The number of hydrogen-bond donors (Lipinski definition) is 1. The van der Waals surface area contributed by atoms with Crippen LogP contribution in [0.15, 0.2) is 22.7 Å². The average Bonchev–Trinajstić information content (AvgIpc) is 2.38. The summed E-state index contributed by atoms with van der Waals surface area (Å²) in [5, 5.41) is 3.64. The molecule has 0 amide bonds. The molecule has 2 nitrogen and oxygen atoms in total. The van der Waals surface area contributed by atoms with Crippen LogP contribution in [0.4, 0.5) is 0 Å². The molecule has 0 radical (unpaired) electrons. The lowest BCUT2D eigenvalue weighted by atomic mass is 9.80. The highest BCUT2D eigenvalue weighted by molar-refractivity contribution is 9.10. The van der Waals surface area contributed by atoms with Crippen LogP contribution in [0.25, 0.3) is 0 Å². The first-order chi connectivity index (χ1) is 9.19. The van der Waals surface area contributed by atoms with Crippen LogP contribution >= 0.6 is 15.9 Å². The van der Waals surface area contributed by atoms with Crippen molar-refractivity contribution in [1.29, 1.82) is 0 Å². The number of rotatable bonds is 6. The molecule has 0 heterocycles. The maximum absolute atomic E-state index is 5.34. The third kappa shape index (κ3) is 5.45. The highest BCUT2D eigenvalue weighted by Crippen LogP contribution is 2.32. The van der Waals surface area contributed by atoms with Crippen molar-refractivity contribution >= 4 is 15.9 Å². The average molecular weight is 342 g/mol. The zero-order valence-electron chi connectivity index (χ0n) is 13.6. The van der Waals surface area contributed by atoms with Crippen LogP contribution in [0.5, 0.6) is 5.75 Å². The molecule has 1 unspecified atom stereocenters. The molecule has 0 aromatic heterocycles. The van der Waals surface area contributed by atoms with E-state index in [-0.39, 0.29) is 11.0 Å². The Bertz CT molecular complexity index is 439. The first kappa shape index (κ1) is 17.5. The fourth-order valence-corrected chi connectivity index (χ4v) is 2.45. The number of nitrogens with one attached hydrogen (secondary N) is 1. The summed E-state index contributed by atoms with van der Waals surface area (Å²) in [6.07, 6.45) is 2.17. The van der Waals surface area contributed by atoms with Gasteiger partial charge in [-0.1, -0.05) is 29.8 Å². The minimum absolute atomic E-state index is 0.155. The van der Waals surface area contributed by atoms with E-state index in [1.165, 1.54) is 5.56 Å². The van der Waals surface area contributed by atoms with Crippen molar-refractivity contribution in [3.63, 3.8) is 0 Å². The first-order valence-electron chi connectivity index (χ1n) is 7.26. The van der Waals surface area contributed by atoms with E-state index >= 15 is 0 Å². The Morgan fingerprint density at radius 1 is 1.20 bits per heavy atom. The van der Waals surface area contributed by atoms with Crippen molar-refractivity contribution in [3.05, 3.63) is 28.2 Å². The topological polar surface area (TPSA) is 21.3 Å². The van der Waals surface area contributed by atoms with Crippen LogP contribution in [0.1, 0.15) is 46.6 Å². The van der Waals surface area contributed by atoms with Gasteiger partial charge < -0.3 is 10.1 Å². The fourth-order valence-electron chi connectivity index (χ4n) is 2.06. The largest absolute Gasteiger partial charge is 0.497 e. The smallest absolute Gasteiger partial charge is 0.119 e. The van der Waals surface area contributed by atoms with Crippen LogP contribution in [-0.2, 0) is 6.42 Å². The third-order valence-corrected chi connectivity index (χ3v) is 4.54. The fraction of sp³-hybridized carbons (Fsp3) is 0.647. The van der Waals surface area contributed by atoms with Gasteiger partial charge in [-0.2, -0.15) is 0 Å². The maximum atomic E-state index is 5.34. The van der Waals surface area contributed by atoms with E-state index in [1.54, 1.807) is 7.11 Å². The predicted molar refractivity (Wildman–Crippen MR) is 90.6 cm³/mol. The van der Waals surface area contributed by atoms with Gasteiger partial charge in [-0.3, -0.25) is 0 Å². The molecule has 0 spiro atoms. The van der Waals surface area contributed by atoms with Crippen molar-refractivity contribution in [3.8, 4) is 5.75 Å². The van der Waals surface area contributed by atoms with E-state index in [1.807, 2.05) is 6.07 Å². The van der Waals surface area contributed by atoms with Gasteiger partial charge in [0.15, 0.2) is 0 Å². The minimum atomic E-state index is 0.155. The van der Waals surface area contributed by atoms with Crippen molar-refractivity contribution < 1.29 is 4.74 Å². The molecule has 1 N–H and O–H groups in total. The Morgan fingerprint density at radius 2 is 1.85 bits per heavy atom. The third-order valence-electron chi connectivity index (χ3n) is 3.77. The Morgan fingerprint density at radius 3 is 2.35 bits per heavy atom. The van der Waals surface area contributed by atoms with Crippen LogP contribution in [-0.4, -0.2) is 19.2 Å². The molecule has 0 saturated carbocycles. The SMILES string of the molecule is CCC(C)(CNC(C)(C)C)Cc1cc(OC)ccc1Br. The van der Waals surface area contributed by atoms with Crippen molar-refractivity contribution in [2.45, 2.75) is 53.0 Å². The van der Waals surface area contributed by atoms with Gasteiger partial charge in [0.1, 0.15) is 5.75 Å². The summed E-state index contributed by atoms with van der Waals surface area (Å²) in [7, 11) is 1.72. The molecule has 0 bridgehead atoms. The van der Waals surface area contributed by atoms with Crippen LogP contribution in [0, 0.1) is 5.41 Å². The second kappa shape index (κ2) is 6.95. The van der Waals surface area contributed by atoms with E-state index in [9.17, 15) is 0 Å². The molecule has 20 heavy (non-hydrogen) atoms. The number of methoxy groups -OCH3 is 1. The first-order valence-corrected chi connectivity index (χ1v) is 8.06. The van der Waals surface area contributed by atoms with Gasteiger partial charge in [0.05, 0.1) is 7.11 Å². The van der Waals surface area contributed by atoms with Gasteiger partial charge in [-0.05, 0) is 62.8 Å². The molecular weight excluding hydrogens is 314 g/mol. The quantitative estimate of drug-likeness (QED) is 0.801. The Hall–Kier alpha value is -0.540. The number of ether oxygens (including phenoxy) is 1. The summed E-state index contributed by atoms with van der Waals surface area (Å²) in [5.74, 6) is 0.922. The number of benzene rings is 1. The molecule has 1 aromatic carbocycles. The molecule has 0 aliphatic heterocycles. The number of halogens is 1. The second-order valence-corrected chi connectivity index (χ2v) is 7.76. The normalized spacial score (nSPS) is 14.9. The van der Waals surface area contributed by atoms with Crippen LogP contribution in [0.3, 0.4) is 0 Å². The summed E-state index contributed by atoms with van der Waals surface area (Å²) in [6, 6.07) is 6.20. The predicted octanol–water partition coefficient (Wildman–Crippen LogP) is 4.80. The van der Waals surface area contributed by atoms with Crippen molar-refractivity contribution in [1.82, 2.24) is 5.32 Å². The monoisotopic (exact) mass is 341 g/mol. The summed E-state index contributed by atoms with van der Waals surface area (Å²) in [6.45, 7) is 12.3. The van der Waals surface area contributed by atoms with E-state index in [0.717, 1.165) is 29.6 Å². The van der Waals surface area contributed by atoms with E-state index in [2.05, 4.69) is 68.0 Å². The summed E-state index contributed by atoms with van der Waals surface area (Å²) in [4.78, 5) is 0. The second-order valence-electron chi connectivity index (χ2n) is 6.90. The molecule has 114 valence electrons. The molecule has 0 fully saturated rings. The molecule has 0 saturated heterocycles. The lowest BCUT2D eigenvalue weighted by Crippen LogP contribution is -2.43. The van der Waals surface area contributed by atoms with Gasteiger partial charge in [0.25, 0.3) is 0 Å². The van der Waals surface area contributed by atoms with Crippen LogP contribution in [0.2, 0.25) is 0 Å². The molecule has 0 aliphatic rings. The van der Waals surface area contributed by atoms with Gasteiger partial charge in [0.2, 0.25) is 0 Å². The lowest BCUT2D eigenvalue weighted by Gasteiger charge is -2.33. The van der Waals surface area contributed by atoms with Gasteiger partial charge >= 0.3 is 0 Å². The van der Waals surface area contributed by atoms with Crippen molar-refractivity contribution in [2.75, 3.05) is 13.7 Å². The molecule has 0 aliphatic carbocycles. The molecular formula is C17H28BrNO. The van der Waals surface area contributed by atoms with Gasteiger partial charge in [-0.25, -0.2) is 0 Å². The molecule has 1 aromatic rings. The highest BCUT2D eigenvalue weighted by atomic mass is 79.9. The van der Waals surface area contributed by atoms with E-state index in [4.69, 9.17) is 4.74 Å². The Balaban J connectivity index is 2.86. The summed E-state index contributed by atoms with van der Waals surface area (Å²) < 4.78 is 6.50. The minimum Gasteiger partial charge on any atom is -0.497 e. The van der Waals surface area contributed by atoms with E-state index in [0.29, 0.717) is 0 Å². The Labute approximate surface area is 132 Å². The summed E-state index contributed by atoms with van der Waals surface area (Å²) in [5.41, 5.74) is 1.70. The lowest BCUT2D eigenvalue weighted by molar-refractivity contribution is 0.254. The Kier molecular flexibility index (Phi) is 6.08. The number of hydrogen-bond acceptors (Lipinski definition) is 2. The van der Waals surface area contributed by atoms with Gasteiger partial charge in [-0.15, -0.1) is 0 Å². The van der Waals surface area contributed by atoms with E-state index < -0.39 is 0 Å². The molecule has 1 rings (SSSR count). The standard InChI is InChI=1S/C17H28BrNO/c1-7-17(5,12-19-16(2,3)4)11-13-10-14(20-6)8-9-15(13)18/h8-10,19H,7,11-12H2,1-6H3. The molecule has 3 heteroatoms. The highest BCUT2D eigenvalue weighted by Gasteiger charge is 2.25. The summed E-state index contributed by atoms with van der Waals surface area (Å²) >= 11 is 3.66.